The zero-order chi connectivity index (χ0) is 12.3. The third-order valence-corrected chi connectivity index (χ3v) is 2.94. The molecule has 0 fully saturated rings. The molecule has 0 aromatic heterocycles. The molecule has 0 saturated carbocycles. The fourth-order valence-electron chi connectivity index (χ4n) is 1.74. The van der Waals surface area contributed by atoms with Gasteiger partial charge in [0.2, 0.25) is 0 Å². The molecule has 88 valence electrons. The molecular weight excluding hydrogens is 232 g/mol. The van der Waals surface area contributed by atoms with Crippen molar-refractivity contribution >= 4 is 23.0 Å². The standard InChI is InChI=1S/C14H15ClN2/c1-17(13-5-3-2-4-6-13)10-11-9-12(15)7-8-14(11)16/h2-9H,10,16H2,1H3. The molecule has 0 saturated heterocycles. The molecule has 0 heterocycles. The summed E-state index contributed by atoms with van der Waals surface area (Å²) < 4.78 is 0. The van der Waals surface area contributed by atoms with Crippen LogP contribution in [-0.4, -0.2) is 7.05 Å². The van der Waals surface area contributed by atoms with Crippen molar-refractivity contribution in [2.75, 3.05) is 17.7 Å². The number of benzene rings is 2. The lowest BCUT2D eigenvalue weighted by Gasteiger charge is -2.20. The van der Waals surface area contributed by atoms with E-state index in [0.717, 1.165) is 28.5 Å². The summed E-state index contributed by atoms with van der Waals surface area (Å²) in [6, 6.07) is 15.8. The summed E-state index contributed by atoms with van der Waals surface area (Å²) in [6.45, 7) is 0.746. The maximum Gasteiger partial charge on any atom is 0.0447 e. The summed E-state index contributed by atoms with van der Waals surface area (Å²) in [5, 5.41) is 0.718. The minimum atomic E-state index is 0.718. The SMILES string of the molecule is CN(Cc1cc(Cl)ccc1N)c1ccccc1. The number of nitrogens with two attached hydrogens (primary N) is 1. The molecule has 0 radical (unpaired) electrons. The van der Waals surface area contributed by atoms with Gasteiger partial charge >= 0.3 is 0 Å². The Kier molecular flexibility index (Phi) is 3.55. The molecule has 0 amide bonds. The highest BCUT2D eigenvalue weighted by molar-refractivity contribution is 6.30. The molecule has 17 heavy (non-hydrogen) atoms. The minimum absolute atomic E-state index is 0.718. The number of halogens is 1. The number of rotatable bonds is 3. The first-order valence-corrected chi connectivity index (χ1v) is 5.84. The number of nitrogen functional groups attached to an aromatic ring is 1. The normalized spacial score (nSPS) is 10.2. The second-order valence-corrected chi connectivity index (χ2v) is 4.47. The van der Waals surface area contributed by atoms with Crippen LogP contribution < -0.4 is 10.6 Å². The molecule has 3 heteroatoms. The second kappa shape index (κ2) is 5.11. The topological polar surface area (TPSA) is 29.3 Å². The summed E-state index contributed by atoms with van der Waals surface area (Å²) in [4.78, 5) is 2.14. The van der Waals surface area contributed by atoms with Crippen LogP contribution in [0.3, 0.4) is 0 Å². The van der Waals surface area contributed by atoms with E-state index >= 15 is 0 Å². The van der Waals surface area contributed by atoms with Gasteiger partial charge in [0, 0.05) is 30.0 Å². The van der Waals surface area contributed by atoms with Crippen LogP contribution in [0.15, 0.2) is 48.5 Å². The van der Waals surface area contributed by atoms with E-state index in [1.54, 1.807) is 0 Å². The summed E-state index contributed by atoms with van der Waals surface area (Å²) >= 11 is 5.97. The van der Waals surface area contributed by atoms with Gasteiger partial charge in [0.25, 0.3) is 0 Å². The molecule has 0 bridgehead atoms. The molecular formula is C14H15ClN2. The Bertz CT molecular complexity index is 497. The first kappa shape index (κ1) is 11.8. The van der Waals surface area contributed by atoms with Crippen LogP contribution in [0.25, 0.3) is 0 Å². The highest BCUT2D eigenvalue weighted by atomic mass is 35.5. The minimum Gasteiger partial charge on any atom is -0.398 e. The number of hydrogen-bond acceptors (Lipinski definition) is 2. The van der Waals surface area contributed by atoms with Crippen molar-refractivity contribution in [1.82, 2.24) is 0 Å². The van der Waals surface area contributed by atoms with E-state index in [0.29, 0.717) is 0 Å². The lowest BCUT2D eigenvalue weighted by Crippen LogP contribution is -2.17. The van der Waals surface area contributed by atoms with E-state index in [1.807, 2.05) is 43.4 Å². The van der Waals surface area contributed by atoms with Crippen LogP contribution in [0.2, 0.25) is 5.02 Å². The van der Waals surface area contributed by atoms with Gasteiger partial charge in [-0.25, -0.2) is 0 Å². The van der Waals surface area contributed by atoms with Crippen LogP contribution in [-0.2, 0) is 6.54 Å². The van der Waals surface area contributed by atoms with Gasteiger partial charge in [0.05, 0.1) is 0 Å². The zero-order valence-corrected chi connectivity index (χ0v) is 10.5. The zero-order valence-electron chi connectivity index (χ0n) is 9.73. The third-order valence-electron chi connectivity index (χ3n) is 2.71. The summed E-state index contributed by atoms with van der Waals surface area (Å²) in [6.07, 6.45) is 0. The van der Waals surface area contributed by atoms with Gasteiger partial charge in [-0.15, -0.1) is 0 Å². The molecule has 2 nitrogen and oxygen atoms in total. The van der Waals surface area contributed by atoms with Crippen molar-refractivity contribution in [1.29, 1.82) is 0 Å². The van der Waals surface area contributed by atoms with E-state index in [1.165, 1.54) is 0 Å². The summed E-state index contributed by atoms with van der Waals surface area (Å²) in [5.41, 5.74) is 8.91. The smallest absolute Gasteiger partial charge is 0.0447 e. The van der Waals surface area contributed by atoms with Gasteiger partial charge in [0.1, 0.15) is 0 Å². The average Bonchev–Trinajstić information content (AvgIpc) is 2.35. The first-order valence-electron chi connectivity index (χ1n) is 5.47. The van der Waals surface area contributed by atoms with Crippen molar-refractivity contribution in [3.8, 4) is 0 Å². The van der Waals surface area contributed by atoms with Crippen molar-refractivity contribution < 1.29 is 0 Å². The van der Waals surface area contributed by atoms with Gasteiger partial charge in [-0.3, -0.25) is 0 Å². The molecule has 2 N–H and O–H groups in total. The average molecular weight is 247 g/mol. The van der Waals surface area contributed by atoms with Gasteiger partial charge in [-0.05, 0) is 35.9 Å². The number of para-hydroxylation sites is 1. The Morgan fingerprint density at radius 3 is 2.53 bits per heavy atom. The Balaban J connectivity index is 2.18. The summed E-state index contributed by atoms with van der Waals surface area (Å²) in [7, 11) is 2.04. The van der Waals surface area contributed by atoms with Crippen molar-refractivity contribution in [3.05, 3.63) is 59.1 Å². The van der Waals surface area contributed by atoms with E-state index in [4.69, 9.17) is 17.3 Å². The monoisotopic (exact) mass is 246 g/mol. The van der Waals surface area contributed by atoms with Crippen LogP contribution in [0.1, 0.15) is 5.56 Å². The lowest BCUT2D eigenvalue weighted by molar-refractivity contribution is 0.925. The van der Waals surface area contributed by atoms with Crippen molar-refractivity contribution in [3.63, 3.8) is 0 Å². The predicted molar refractivity (Wildman–Crippen MR) is 74.4 cm³/mol. The maximum atomic E-state index is 5.97. The fourth-order valence-corrected chi connectivity index (χ4v) is 1.94. The van der Waals surface area contributed by atoms with Crippen LogP contribution in [0.4, 0.5) is 11.4 Å². The maximum absolute atomic E-state index is 5.97. The molecule has 0 aliphatic carbocycles. The van der Waals surface area contributed by atoms with Crippen LogP contribution in [0, 0.1) is 0 Å². The number of hydrogen-bond donors (Lipinski definition) is 1. The first-order chi connectivity index (χ1) is 8.16. The third kappa shape index (κ3) is 2.92. The molecule has 0 unspecified atom stereocenters. The van der Waals surface area contributed by atoms with E-state index < -0.39 is 0 Å². The fraction of sp³-hybridized carbons (Fsp3) is 0.143. The van der Waals surface area contributed by atoms with E-state index in [9.17, 15) is 0 Å². The van der Waals surface area contributed by atoms with Crippen LogP contribution in [0.5, 0.6) is 0 Å². The molecule has 0 spiro atoms. The quantitative estimate of drug-likeness (QED) is 0.840. The molecule has 2 aromatic rings. The largest absolute Gasteiger partial charge is 0.398 e. The molecule has 0 aliphatic heterocycles. The predicted octanol–water partition coefficient (Wildman–Crippen LogP) is 3.56. The van der Waals surface area contributed by atoms with Crippen molar-refractivity contribution in [2.45, 2.75) is 6.54 Å². The van der Waals surface area contributed by atoms with E-state index in [-0.39, 0.29) is 0 Å². The van der Waals surface area contributed by atoms with Gasteiger partial charge in [-0.1, -0.05) is 29.8 Å². The van der Waals surface area contributed by atoms with Gasteiger partial charge < -0.3 is 10.6 Å². The Hall–Kier alpha value is -1.67. The van der Waals surface area contributed by atoms with Gasteiger partial charge in [-0.2, -0.15) is 0 Å². The second-order valence-electron chi connectivity index (χ2n) is 4.03. The Morgan fingerprint density at radius 1 is 1.12 bits per heavy atom. The number of nitrogens with zero attached hydrogens (tertiary/aromatic N) is 1. The highest BCUT2D eigenvalue weighted by Gasteiger charge is 2.05. The Morgan fingerprint density at radius 2 is 1.82 bits per heavy atom. The van der Waals surface area contributed by atoms with Crippen molar-refractivity contribution in [2.24, 2.45) is 0 Å². The van der Waals surface area contributed by atoms with E-state index in [2.05, 4.69) is 17.0 Å². The summed E-state index contributed by atoms with van der Waals surface area (Å²) in [5.74, 6) is 0. The lowest BCUT2D eigenvalue weighted by atomic mass is 10.1. The van der Waals surface area contributed by atoms with Crippen LogP contribution >= 0.6 is 11.6 Å². The Labute approximate surface area is 107 Å². The molecule has 0 atom stereocenters. The molecule has 0 aliphatic rings. The molecule has 2 rings (SSSR count). The number of anilines is 2. The van der Waals surface area contributed by atoms with Gasteiger partial charge in [0.15, 0.2) is 0 Å². The molecule has 2 aromatic carbocycles. The highest BCUT2D eigenvalue weighted by Crippen LogP contribution is 2.21.